The van der Waals surface area contributed by atoms with E-state index < -0.39 is 54.7 Å². The normalized spacial score (nSPS) is 28.7. The van der Waals surface area contributed by atoms with Crippen LogP contribution in [0.3, 0.4) is 0 Å². The average molecular weight is 403 g/mol. The summed E-state index contributed by atoms with van der Waals surface area (Å²) in [6.07, 6.45) is -4.17. The van der Waals surface area contributed by atoms with Crippen LogP contribution >= 0.6 is 0 Å². The number of aliphatic carboxylic acids is 1. The summed E-state index contributed by atoms with van der Waals surface area (Å²) in [4.78, 5) is 48.8. The molecule has 2 N–H and O–H groups in total. The van der Waals surface area contributed by atoms with Crippen LogP contribution in [0.5, 0.6) is 0 Å². The van der Waals surface area contributed by atoms with E-state index in [4.69, 9.17) is 4.74 Å². The van der Waals surface area contributed by atoms with Crippen LogP contribution in [0.15, 0.2) is 11.3 Å². The van der Waals surface area contributed by atoms with Gasteiger partial charge in [0.25, 0.3) is 5.91 Å². The number of halogens is 3. The quantitative estimate of drug-likeness (QED) is 0.649. The van der Waals surface area contributed by atoms with Crippen molar-refractivity contribution in [3.05, 3.63) is 11.3 Å². The Morgan fingerprint density at radius 2 is 1.93 bits per heavy atom. The molecule has 4 rings (SSSR count). The van der Waals surface area contributed by atoms with E-state index in [-0.39, 0.29) is 30.3 Å². The number of likely N-dealkylation sites (tertiary alicyclic amines) is 1. The maximum atomic E-state index is 12.8. The number of β-lactam (4-membered cyclic amide) rings is 1. The predicted molar refractivity (Wildman–Crippen MR) is 82.5 cm³/mol. The Morgan fingerprint density at radius 3 is 2.50 bits per heavy atom. The lowest BCUT2D eigenvalue weighted by Crippen LogP contribution is -2.70. The first-order chi connectivity index (χ1) is 13.1. The standard InChI is InChI=1S/C16H16F3N3O6/c17-16(18,19)14(26)21-4-6-3-7(5-28-15(27)20-8-1-2-8)10(13(24)25)22-9(6)11(21)12(22)23/h6,8-9,11H,1-5H2,(H,20,27)(H,24,25)/t6-,9-,11+/m1/s1. The molecule has 28 heavy (non-hydrogen) atoms. The van der Waals surface area contributed by atoms with E-state index in [1.807, 2.05) is 0 Å². The van der Waals surface area contributed by atoms with Gasteiger partial charge >= 0.3 is 24.1 Å². The van der Waals surface area contributed by atoms with Crippen molar-refractivity contribution in [2.24, 2.45) is 5.92 Å². The number of carboxylic acids is 1. The summed E-state index contributed by atoms with van der Waals surface area (Å²) < 4.78 is 43.5. The van der Waals surface area contributed by atoms with Gasteiger partial charge < -0.3 is 20.1 Å². The average Bonchev–Trinajstić information content (AvgIpc) is 3.33. The molecule has 3 heterocycles. The number of carboxylic acid groups (broad SMARTS) is 1. The Kier molecular flexibility index (Phi) is 4.05. The lowest BCUT2D eigenvalue weighted by atomic mass is 9.79. The van der Waals surface area contributed by atoms with Crippen LogP contribution in [0.2, 0.25) is 0 Å². The van der Waals surface area contributed by atoms with Gasteiger partial charge in [-0.05, 0) is 24.8 Å². The molecular weight excluding hydrogens is 387 g/mol. The number of nitrogens with one attached hydrogen (secondary N) is 1. The highest BCUT2D eigenvalue weighted by Crippen LogP contribution is 2.47. The summed E-state index contributed by atoms with van der Waals surface area (Å²) in [5.41, 5.74) is -0.254. The summed E-state index contributed by atoms with van der Waals surface area (Å²) in [6, 6.07) is -2.09. The van der Waals surface area contributed by atoms with Crippen molar-refractivity contribution < 1.29 is 42.2 Å². The zero-order valence-corrected chi connectivity index (χ0v) is 14.4. The summed E-state index contributed by atoms with van der Waals surface area (Å²) in [5.74, 6) is -4.98. The minimum Gasteiger partial charge on any atom is -0.477 e. The number of ether oxygens (including phenoxy) is 1. The first-order valence-electron chi connectivity index (χ1n) is 8.69. The third kappa shape index (κ3) is 2.87. The third-order valence-electron chi connectivity index (χ3n) is 5.43. The molecule has 1 saturated carbocycles. The van der Waals surface area contributed by atoms with Crippen LogP contribution in [-0.2, 0) is 19.1 Å². The first-order valence-corrected chi connectivity index (χ1v) is 8.69. The van der Waals surface area contributed by atoms with Gasteiger partial charge in [-0.2, -0.15) is 13.2 Å². The number of carbonyl (C=O) groups excluding carboxylic acids is 3. The fraction of sp³-hybridized carbons (Fsp3) is 0.625. The highest BCUT2D eigenvalue weighted by Gasteiger charge is 2.66. The van der Waals surface area contributed by atoms with E-state index in [0.29, 0.717) is 4.90 Å². The van der Waals surface area contributed by atoms with Gasteiger partial charge in [-0.3, -0.25) is 14.5 Å². The number of alkyl halides is 3. The molecule has 0 aromatic carbocycles. The van der Waals surface area contributed by atoms with E-state index >= 15 is 0 Å². The van der Waals surface area contributed by atoms with Crippen LogP contribution in [0.25, 0.3) is 0 Å². The summed E-state index contributed by atoms with van der Waals surface area (Å²) >= 11 is 0. The summed E-state index contributed by atoms with van der Waals surface area (Å²) in [6.45, 7) is -0.717. The second-order valence-electron chi connectivity index (χ2n) is 7.32. The molecule has 12 heteroatoms. The molecule has 3 aliphatic heterocycles. The Labute approximate surface area is 156 Å². The van der Waals surface area contributed by atoms with Gasteiger partial charge in [0.2, 0.25) is 0 Å². The number of alkyl carbamates (subject to hydrolysis) is 1. The van der Waals surface area contributed by atoms with Crippen LogP contribution in [0.1, 0.15) is 19.3 Å². The smallest absolute Gasteiger partial charge is 0.471 e. The van der Waals surface area contributed by atoms with Gasteiger partial charge in [0.1, 0.15) is 18.3 Å². The lowest BCUT2D eigenvalue weighted by molar-refractivity contribution is -0.190. The zero-order valence-electron chi connectivity index (χ0n) is 14.4. The lowest BCUT2D eigenvalue weighted by Gasteiger charge is -2.49. The van der Waals surface area contributed by atoms with Crippen LogP contribution < -0.4 is 5.32 Å². The number of carbonyl (C=O) groups is 4. The Balaban J connectivity index is 1.54. The molecule has 0 radical (unpaired) electrons. The van der Waals surface area contributed by atoms with Crippen molar-refractivity contribution in [1.82, 2.24) is 15.1 Å². The Morgan fingerprint density at radius 1 is 1.25 bits per heavy atom. The molecule has 0 spiro atoms. The molecule has 0 unspecified atom stereocenters. The first kappa shape index (κ1) is 18.6. The van der Waals surface area contributed by atoms with Crippen molar-refractivity contribution in [2.75, 3.05) is 13.2 Å². The fourth-order valence-electron chi connectivity index (χ4n) is 4.13. The number of amides is 3. The van der Waals surface area contributed by atoms with E-state index in [1.165, 1.54) is 0 Å². The van der Waals surface area contributed by atoms with E-state index in [0.717, 1.165) is 17.7 Å². The molecular formula is C16H16F3N3O6. The zero-order chi connectivity index (χ0) is 20.4. The molecule has 4 aliphatic rings. The van der Waals surface area contributed by atoms with Crippen molar-refractivity contribution in [3.8, 4) is 0 Å². The predicted octanol–water partition coefficient (Wildman–Crippen LogP) is 0.217. The molecule has 1 aliphatic carbocycles. The van der Waals surface area contributed by atoms with Gasteiger partial charge in [0, 0.05) is 18.5 Å². The molecule has 0 aromatic rings. The van der Waals surface area contributed by atoms with Gasteiger partial charge in [-0.15, -0.1) is 0 Å². The monoisotopic (exact) mass is 403 g/mol. The van der Waals surface area contributed by atoms with Gasteiger partial charge in [-0.25, -0.2) is 9.59 Å². The highest BCUT2D eigenvalue weighted by atomic mass is 19.4. The molecule has 152 valence electrons. The van der Waals surface area contributed by atoms with Crippen molar-refractivity contribution in [2.45, 2.75) is 43.6 Å². The number of rotatable bonds is 4. The van der Waals surface area contributed by atoms with E-state index in [1.54, 1.807) is 0 Å². The highest BCUT2D eigenvalue weighted by molar-refractivity contribution is 6.03. The van der Waals surface area contributed by atoms with Crippen LogP contribution in [0, 0.1) is 5.92 Å². The summed E-state index contributed by atoms with van der Waals surface area (Å²) in [7, 11) is 0. The Hall–Kier alpha value is -2.79. The van der Waals surface area contributed by atoms with Crippen LogP contribution in [-0.4, -0.2) is 76.2 Å². The minimum absolute atomic E-state index is 0.0188. The minimum atomic E-state index is -5.12. The third-order valence-corrected chi connectivity index (χ3v) is 5.43. The van der Waals surface area contributed by atoms with Gasteiger partial charge in [-0.1, -0.05) is 0 Å². The molecule has 3 atom stereocenters. The van der Waals surface area contributed by atoms with Gasteiger partial charge in [0.15, 0.2) is 0 Å². The number of hydrogen-bond donors (Lipinski definition) is 2. The van der Waals surface area contributed by atoms with E-state index in [9.17, 15) is 37.5 Å². The van der Waals surface area contributed by atoms with E-state index in [2.05, 4.69) is 5.32 Å². The molecule has 2 saturated heterocycles. The largest absolute Gasteiger partial charge is 0.477 e. The fourth-order valence-corrected chi connectivity index (χ4v) is 4.13. The molecule has 3 fully saturated rings. The van der Waals surface area contributed by atoms with Crippen molar-refractivity contribution >= 4 is 23.9 Å². The molecule has 3 amide bonds. The van der Waals surface area contributed by atoms with Gasteiger partial charge in [0.05, 0.1) is 6.04 Å². The maximum absolute atomic E-state index is 12.8. The topological polar surface area (TPSA) is 116 Å². The van der Waals surface area contributed by atoms with Crippen molar-refractivity contribution in [3.63, 3.8) is 0 Å². The second kappa shape index (κ2) is 6.11. The maximum Gasteiger partial charge on any atom is 0.471 e. The molecule has 0 aromatic heterocycles. The number of hydrogen-bond acceptors (Lipinski definition) is 5. The Bertz CT molecular complexity index is 806. The summed E-state index contributed by atoms with van der Waals surface area (Å²) in [5, 5.41) is 12.1. The SMILES string of the molecule is O=C(NC1CC1)OCC1=C(C(=O)O)N2C(=O)[C@@H]3[C@H]2[C@H](C1)CN3C(=O)C(F)(F)F. The molecule has 0 bridgehead atoms. The molecule has 9 nitrogen and oxygen atoms in total. The number of nitrogens with zero attached hydrogens (tertiary/aromatic N) is 2. The van der Waals surface area contributed by atoms with Crippen LogP contribution in [0.4, 0.5) is 18.0 Å². The van der Waals surface area contributed by atoms with Crippen molar-refractivity contribution in [1.29, 1.82) is 0 Å². The second-order valence-corrected chi connectivity index (χ2v) is 7.32.